The molecule has 0 bridgehead atoms. The van der Waals surface area contributed by atoms with Crippen LogP contribution in [0.1, 0.15) is 0 Å². The van der Waals surface area contributed by atoms with Gasteiger partial charge >= 0.3 is 101 Å². The van der Waals surface area contributed by atoms with E-state index in [9.17, 15) is 0 Å². The summed E-state index contributed by atoms with van der Waals surface area (Å²) < 4.78 is 0. The zero-order valence-electron chi connectivity index (χ0n) is 3.92. The standard InChI is InChI=1S/Cl3Ge.Cl2GeH.ClGeH/c1-4(2)3;1-3-2;1-2/h;3H;2H. The molecule has 0 atom stereocenters. The van der Waals surface area contributed by atoms with Crippen molar-refractivity contribution in [3.63, 3.8) is 0 Å². The van der Waals surface area contributed by atoms with E-state index in [-0.39, 0.29) is 0 Å². The van der Waals surface area contributed by atoms with Gasteiger partial charge in [0.2, 0.25) is 0 Å². The molecular formula is H2Cl6Ge3. The van der Waals surface area contributed by atoms with Crippen LogP contribution in [0, 0.1) is 0 Å². The molecule has 0 aliphatic rings. The predicted octanol–water partition coefficient (Wildman–Crippen LogP) is 2.46. The van der Waals surface area contributed by atoms with Crippen LogP contribution < -0.4 is 0 Å². The monoisotopic (exact) mass is 434 g/mol. The fraction of sp³-hybridized carbons (Fsp3) is 0. The summed E-state index contributed by atoms with van der Waals surface area (Å²) in [7, 11) is 29.5. The Kier molecular flexibility index (Phi) is 45.6. The molecule has 0 rings (SSSR count). The van der Waals surface area contributed by atoms with E-state index in [0.717, 1.165) is 15.6 Å². The minimum atomic E-state index is -1.92. The van der Waals surface area contributed by atoms with Crippen LogP contribution in [0.15, 0.2) is 0 Å². The van der Waals surface area contributed by atoms with Gasteiger partial charge in [-0.05, 0) is 0 Å². The molecule has 0 heterocycles. The van der Waals surface area contributed by atoms with Gasteiger partial charge in [0.25, 0.3) is 0 Å². The zero-order valence-corrected chi connectivity index (χ0v) is 15.4. The molecule has 9 heavy (non-hydrogen) atoms. The van der Waals surface area contributed by atoms with Crippen LogP contribution in [0.4, 0.5) is 0 Å². The Labute approximate surface area is 99.1 Å². The van der Waals surface area contributed by atoms with Crippen LogP contribution in [0.5, 0.6) is 0 Å². The van der Waals surface area contributed by atoms with E-state index >= 15 is 0 Å². The molecule has 0 aliphatic carbocycles. The summed E-state index contributed by atoms with van der Waals surface area (Å²) in [6.45, 7) is 0. The van der Waals surface area contributed by atoms with Crippen molar-refractivity contribution in [1.29, 1.82) is 0 Å². The average molecular weight is 433 g/mol. The van der Waals surface area contributed by atoms with Gasteiger partial charge in [-0.1, -0.05) is 0 Å². The minimum absolute atomic E-state index is 0.743. The van der Waals surface area contributed by atoms with E-state index in [1.165, 1.54) is 0 Å². The van der Waals surface area contributed by atoms with Crippen molar-refractivity contribution in [3.05, 3.63) is 0 Å². The molecule has 0 aromatic rings. The van der Waals surface area contributed by atoms with Crippen LogP contribution in [0.3, 0.4) is 0 Å². The first-order valence-corrected chi connectivity index (χ1v) is 19.0. The molecule has 56 valence electrons. The van der Waals surface area contributed by atoms with E-state index < -0.39 is 25.1 Å². The molecule has 0 aromatic heterocycles. The summed E-state index contributed by atoms with van der Waals surface area (Å²) in [5.41, 5.74) is 0. The Balaban J connectivity index is -0.0000000646. The zero-order chi connectivity index (χ0) is 8.28. The first kappa shape index (κ1) is 18.2. The van der Waals surface area contributed by atoms with Gasteiger partial charge in [-0.3, -0.25) is 0 Å². The fourth-order valence-corrected chi connectivity index (χ4v) is 0. The average Bonchev–Trinajstić information content (AvgIpc) is 1.71. The number of halogens is 6. The van der Waals surface area contributed by atoms with Gasteiger partial charge in [0.15, 0.2) is 0 Å². The molecule has 9 heteroatoms. The number of rotatable bonds is 0. The Morgan fingerprint density at radius 2 is 1.00 bits per heavy atom. The third kappa shape index (κ3) is 87.9. The molecule has 0 saturated heterocycles. The van der Waals surface area contributed by atoms with Crippen molar-refractivity contribution >= 4 is 101 Å². The predicted molar refractivity (Wildman–Crippen MR) is 55.2 cm³/mol. The van der Waals surface area contributed by atoms with E-state index in [1.54, 1.807) is 0 Å². The van der Waals surface area contributed by atoms with Crippen LogP contribution in [-0.2, 0) is 0 Å². The van der Waals surface area contributed by atoms with Crippen LogP contribution >= 0.6 is 60.1 Å². The van der Waals surface area contributed by atoms with Gasteiger partial charge in [0.1, 0.15) is 0 Å². The number of hydrogen-bond donors (Lipinski definition) is 0. The fourth-order valence-electron chi connectivity index (χ4n) is 0. The van der Waals surface area contributed by atoms with Gasteiger partial charge in [-0.25, -0.2) is 0 Å². The quantitative estimate of drug-likeness (QED) is 0.516. The SMILES string of the molecule is [Cl][GeH].[Cl][GeH][Cl].[Cl][Ge]([Cl])[Cl]. The van der Waals surface area contributed by atoms with E-state index in [0.29, 0.717) is 0 Å². The number of hydrogen-bond acceptors (Lipinski definition) is 0. The van der Waals surface area contributed by atoms with E-state index in [2.05, 4.69) is 0 Å². The maximum absolute atomic E-state index is 4.97. The molecule has 0 spiro atoms. The summed E-state index contributed by atoms with van der Waals surface area (Å²) >= 11 is -1.50. The second-order valence-electron chi connectivity index (χ2n) is 0.297. The Morgan fingerprint density at radius 1 is 1.00 bits per heavy atom. The third-order valence-electron chi connectivity index (χ3n) is 0. The molecule has 0 amide bonds. The molecule has 0 N–H and O–H groups in total. The van der Waals surface area contributed by atoms with Crippen LogP contribution in [-0.4, -0.2) is 40.7 Å². The first-order chi connectivity index (χ1) is 4.15. The van der Waals surface area contributed by atoms with Gasteiger partial charge in [-0.2, -0.15) is 0 Å². The van der Waals surface area contributed by atoms with Crippen LogP contribution in [0.25, 0.3) is 0 Å². The molecule has 0 unspecified atom stereocenters. The summed E-state index contributed by atoms with van der Waals surface area (Å²) in [4.78, 5) is 0. The van der Waals surface area contributed by atoms with E-state index in [1.807, 2.05) is 0 Å². The van der Waals surface area contributed by atoms with Crippen molar-refractivity contribution in [2.45, 2.75) is 0 Å². The van der Waals surface area contributed by atoms with Gasteiger partial charge in [0, 0.05) is 0 Å². The maximum atomic E-state index is 4.97. The molecule has 0 nitrogen and oxygen atoms in total. The summed E-state index contributed by atoms with van der Waals surface area (Å²) in [6, 6.07) is 0. The molecule has 0 saturated carbocycles. The molecule has 0 fully saturated rings. The second-order valence-corrected chi connectivity index (χ2v) is 13.9. The Hall–Kier alpha value is 3.37. The Morgan fingerprint density at radius 3 is 1.00 bits per heavy atom. The summed E-state index contributed by atoms with van der Waals surface area (Å²) in [5.74, 6) is 0. The molecule has 4 radical (unpaired) electrons. The molecular weight excluding hydrogens is 431 g/mol. The summed E-state index contributed by atoms with van der Waals surface area (Å²) in [5, 5.41) is 0. The Bertz CT molecular complexity index is 19.5. The van der Waals surface area contributed by atoms with Crippen molar-refractivity contribution < 1.29 is 0 Å². The topological polar surface area (TPSA) is 0 Å². The molecule has 0 aromatic carbocycles. The second kappa shape index (κ2) is 22.5. The van der Waals surface area contributed by atoms with Crippen molar-refractivity contribution in [3.8, 4) is 0 Å². The van der Waals surface area contributed by atoms with Crippen molar-refractivity contribution in [2.75, 3.05) is 0 Å². The van der Waals surface area contributed by atoms with E-state index in [4.69, 9.17) is 60.1 Å². The summed E-state index contributed by atoms with van der Waals surface area (Å²) in [6.07, 6.45) is 0. The van der Waals surface area contributed by atoms with Crippen LogP contribution in [0.2, 0.25) is 0 Å². The third-order valence-corrected chi connectivity index (χ3v) is 0. The van der Waals surface area contributed by atoms with Crippen molar-refractivity contribution in [1.82, 2.24) is 0 Å². The first-order valence-electron chi connectivity index (χ1n) is 1.22. The van der Waals surface area contributed by atoms with Gasteiger partial charge in [0.05, 0.1) is 0 Å². The van der Waals surface area contributed by atoms with Gasteiger partial charge < -0.3 is 0 Å². The molecule has 0 aliphatic heterocycles. The van der Waals surface area contributed by atoms with Gasteiger partial charge in [-0.15, -0.1) is 0 Å². The normalized spacial score (nSPS) is 6.67. The van der Waals surface area contributed by atoms with Crippen molar-refractivity contribution in [2.24, 2.45) is 0 Å².